The fourth-order valence-corrected chi connectivity index (χ4v) is 2.89. The van der Waals surface area contributed by atoms with Gasteiger partial charge >= 0.3 is 0 Å². The van der Waals surface area contributed by atoms with E-state index in [-0.39, 0.29) is 11.7 Å². The monoisotopic (exact) mass is 375 g/mol. The van der Waals surface area contributed by atoms with E-state index < -0.39 is 0 Å². The number of hydrogen-bond acceptors (Lipinski definition) is 3. The Balaban J connectivity index is 1.53. The number of nitrogens with one attached hydrogen (secondary N) is 1. The zero-order valence-electron chi connectivity index (χ0n) is 16.2. The number of carbonyl (C=O) groups excluding carboxylic acids is 1. The van der Waals surface area contributed by atoms with Crippen LogP contribution in [0.2, 0.25) is 0 Å². The number of carbonyl (C=O) groups is 1. The lowest BCUT2D eigenvalue weighted by atomic mass is 10.0. The Morgan fingerprint density at radius 1 is 0.964 bits per heavy atom. The molecule has 0 radical (unpaired) electrons. The lowest BCUT2D eigenvalue weighted by Gasteiger charge is -2.10. The number of ether oxygens (including phenoxy) is 1. The fraction of sp³-hybridized carbons (Fsp3) is 0.208. The van der Waals surface area contributed by atoms with Gasteiger partial charge in [-0.05, 0) is 65.9 Å². The molecule has 0 saturated heterocycles. The van der Waals surface area contributed by atoms with E-state index >= 15 is 0 Å². The van der Waals surface area contributed by atoms with Gasteiger partial charge < -0.3 is 15.2 Å². The van der Waals surface area contributed by atoms with Crippen LogP contribution in [-0.2, 0) is 13.0 Å². The average Bonchev–Trinajstić information content (AvgIpc) is 2.68. The van der Waals surface area contributed by atoms with Gasteiger partial charge in [0.05, 0.1) is 0 Å². The second-order valence-electron chi connectivity index (χ2n) is 7.23. The molecule has 4 nitrogen and oxygen atoms in total. The zero-order valence-corrected chi connectivity index (χ0v) is 16.2. The van der Waals surface area contributed by atoms with Gasteiger partial charge in [-0.3, -0.25) is 4.79 Å². The van der Waals surface area contributed by atoms with Crippen LogP contribution >= 0.6 is 0 Å². The van der Waals surface area contributed by atoms with E-state index in [0.29, 0.717) is 23.8 Å². The summed E-state index contributed by atoms with van der Waals surface area (Å²) in [5, 5.41) is 12.3. The molecule has 1 amide bonds. The predicted molar refractivity (Wildman–Crippen MR) is 112 cm³/mol. The van der Waals surface area contributed by atoms with Crippen LogP contribution in [0.1, 0.15) is 35.3 Å². The smallest absolute Gasteiger partial charge is 0.255 e. The lowest BCUT2D eigenvalue weighted by Crippen LogP contribution is -2.11. The van der Waals surface area contributed by atoms with Gasteiger partial charge in [0, 0.05) is 11.3 Å². The molecule has 2 N–H and O–H groups in total. The van der Waals surface area contributed by atoms with Crippen LogP contribution in [0.15, 0.2) is 72.8 Å². The van der Waals surface area contributed by atoms with E-state index in [1.165, 1.54) is 17.7 Å². The van der Waals surface area contributed by atoms with Crippen molar-refractivity contribution in [3.63, 3.8) is 0 Å². The first-order valence-corrected chi connectivity index (χ1v) is 9.40. The molecule has 0 spiro atoms. The summed E-state index contributed by atoms with van der Waals surface area (Å²) in [4.78, 5) is 12.2. The Morgan fingerprint density at radius 2 is 1.64 bits per heavy atom. The molecule has 3 aromatic carbocycles. The number of amides is 1. The molecule has 0 unspecified atom stereocenters. The molecule has 3 aromatic rings. The van der Waals surface area contributed by atoms with Crippen LogP contribution in [0.25, 0.3) is 0 Å². The highest BCUT2D eigenvalue weighted by Gasteiger charge is 2.07. The number of anilines is 1. The van der Waals surface area contributed by atoms with Crippen molar-refractivity contribution in [2.45, 2.75) is 26.9 Å². The molecule has 0 saturated carbocycles. The molecular weight excluding hydrogens is 350 g/mol. The summed E-state index contributed by atoms with van der Waals surface area (Å²) in [6.45, 7) is 4.93. The molecule has 0 bridgehead atoms. The van der Waals surface area contributed by atoms with Gasteiger partial charge in [-0.15, -0.1) is 0 Å². The zero-order chi connectivity index (χ0) is 19.9. The van der Waals surface area contributed by atoms with Crippen LogP contribution in [-0.4, -0.2) is 11.0 Å². The van der Waals surface area contributed by atoms with Crippen molar-refractivity contribution in [3.05, 3.63) is 89.5 Å². The number of benzene rings is 3. The van der Waals surface area contributed by atoms with Crippen molar-refractivity contribution < 1.29 is 14.6 Å². The normalized spacial score (nSPS) is 10.7. The minimum Gasteiger partial charge on any atom is -0.508 e. The molecule has 0 aromatic heterocycles. The molecule has 0 aliphatic heterocycles. The first-order valence-electron chi connectivity index (χ1n) is 9.40. The Bertz CT molecular complexity index is 915. The van der Waals surface area contributed by atoms with Crippen molar-refractivity contribution in [2.75, 3.05) is 5.32 Å². The van der Waals surface area contributed by atoms with E-state index in [9.17, 15) is 9.90 Å². The lowest BCUT2D eigenvalue weighted by molar-refractivity contribution is 0.102. The maximum absolute atomic E-state index is 12.2. The predicted octanol–water partition coefficient (Wildman–Crippen LogP) is 5.42. The maximum Gasteiger partial charge on any atom is 0.255 e. The highest BCUT2D eigenvalue weighted by Crippen LogP contribution is 2.19. The summed E-state index contributed by atoms with van der Waals surface area (Å²) in [7, 11) is 0. The first-order chi connectivity index (χ1) is 13.5. The van der Waals surface area contributed by atoms with Crippen LogP contribution in [0.5, 0.6) is 11.5 Å². The van der Waals surface area contributed by atoms with E-state index in [2.05, 4.69) is 43.4 Å². The SMILES string of the molecule is CC(C)Cc1ccc(COc2ccc(NC(=O)c3cccc(O)c3)cc2)cc1. The summed E-state index contributed by atoms with van der Waals surface area (Å²) < 4.78 is 5.83. The molecule has 0 aliphatic carbocycles. The van der Waals surface area contributed by atoms with Crippen molar-refractivity contribution in [1.82, 2.24) is 0 Å². The van der Waals surface area contributed by atoms with E-state index in [1.807, 2.05) is 12.1 Å². The summed E-state index contributed by atoms with van der Waals surface area (Å²) >= 11 is 0. The van der Waals surface area contributed by atoms with Gasteiger partial charge in [0.25, 0.3) is 5.91 Å². The van der Waals surface area contributed by atoms with E-state index in [4.69, 9.17) is 4.74 Å². The van der Waals surface area contributed by atoms with Crippen molar-refractivity contribution in [3.8, 4) is 11.5 Å². The number of aromatic hydroxyl groups is 1. The third kappa shape index (κ3) is 5.61. The highest BCUT2D eigenvalue weighted by atomic mass is 16.5. The van der Waals surface area contributed by atoms with Crippen LogP contribution in [0.3, 0.4) is 0 Å². The molecule has 4 heteroatoms. The molecule has 0 atom stereocenters. The van der Waals surface area contributed by atoms with Crippen LogP contribution in [0.4, 0.5) is 5.69 Å². The molecule has 0 fully saturated rings. The Morgan fingerprint density at radius 3 is 2.29 bits per heavy atom. The third-order valence-corrected chi connectivity index (χ3v) is 4.29. The number of rotatable bonds is 7. The number of phenolic OH excluding ortho intramolecular Hbond substituents is 1. The fourth-order valence-electron chi connectivity index (χ4n) is 2.89. The minimum absolute atomic E-state index is 0.0636. The highest BCUT2D eigenvalue weighted by molar-refractivity contribution is 6.04. The van der Waals surface area contributed by atoms with Crippen molar-refractivity contribution >= 4 is 11.6 Å². The Kier molecular flexibility index (Phi) is 6.33. The molecular formula is C24H25NO3. The summed E-state index contributed by atoms with van der Waals surface area (Å²) in [6.07, 6.45) is 1.08. The second-order valence-corrected chi connectivity index (χ2v) is 7.23. The van der Waals surface area contributed by atoms with Crippen LogP contribution in [0, 0.1) is 5.92 Å². The van der Waals surface area contributed by atoms with Crippen molar-refractivity contribution in [2.24, 2.45) is 5.92 Å². The summed E-state index contributed by atoms with van der Waals surface area (Å²) in [5.41, 5.74) is 3.53. The average molecular weight is 375 g/mol. The van der Waals surface area contributed by atoms with Gasteiger partial charge in [-0.25, -0.2) is 0 Å². The summed E-state index contributed by atoms with van der Waals surface area (Å²) in [6, 6.07) is 22.0. The quantitative estimate of drug-likeness (QED) is 0.579. The van der Waals surface area contributed by atoms with Gasteiger partial charge in [0.2, 0.25) is 0 Å². The standard InChI is InChI=1S/C24H25NO3/c1-17(2)14-18-6-8-19(9-7-18)16-28-23-12-10-21(11-13-23)25-24(27)20-4-3-5-22(26)15-20/h3-13,15,17,26H,14,16H2,1-2H3,(H,25,27). The number of hydrogen-bond donors (Lipinski definition) is 2. The van der Waals surface area contributed by atoms with E-state index in [0.717, 1.165) is 17.7 Å². The Hall–Kier alpha value is -3.27. The molecule has 28 heavy (non-hydrogen) atoms. The molecule has 0 heterocycles. The van der Waals surface area contributed by atoms with Gasteiger partial charge in [-0.2, -0.15) is 0 Å². The van der Waals surface area contributed by atoms with Gasteiger partial charge in [0.1, 0.15) is 18.1 Å². The second kappa shape index (κ2) is 9.09. The largest absolute Gasteiger partial charge is 0.508 e. The minimum atomic E-state index is -0.272. The Labute approximate surface area is 165 Å². The van der Waals surface area contributed by atoms with E-state index in [1.54, 1.807) is 24.3 Å². The molecule has 3 rings (SSSR count). The van der Waals surface area contributed by atoms with Crippen LogP contribution < -0.4 is 10.1 Å². The molecule has 0 aliphatic rings. The first kappa shape index (κ1) is 19.5. The topological polar surface area (TPSA) is 58.6 Å². The van der Waals surface area contributed by atoms with Gasteiger partial charge in [0.15, 0.2) is 0 Å². The molecule has 144 valence electrons. The third-order valence-electron chi connectivity index (χ3n) is 4.29. The van der Waals surface area contributed by atoms with Gasteiger partial charge in [-0.1, -0.05) is 44.2 Å². The number of phenols is 1. The van der Waals surface area contributed by atoms with Crippen molar-refractivity contribution in [1.29, 1.82) is 0 Å². The summed E-state index contributed by atoms with van der Waals surface area (Å²) in [5.74, 6) is 1.18. The maximum atomic E-state index is 12.2.